The van der Waals surface area contributed by atoms with Crippen molar-refractivity contribution in [3.8, 4) is 0 Å². The molecule has 1 aromatic rings. The van der Waals surface area contributed by atoms with Crippen LogP contribution in [0.1, 0.15) is 50.2 Å². The molecule has 1 atom stereocenters. The molecule has 0 aliphatic carbocycles. The van der Waals surface area contributed by atoms with E-state index in [0.717, 1.165) is 24.5 Å². The standard InChI is InChI=1S/C19H26F2O2/c1-3-5-14(2)19-22-12-17(13-23-19)16-10-8-15(9-11-16)6-4-7-18(20)21/h7-11,14,17,19H,3-6,12-13H2,1-2H3. The highest BCUT2D eigenvalue weighted by Crippen LogP contribution is 2.27. The number of hydrogen-bond donors (Lipinski definition) is 0. The summed E-state index contributed by atoms with van der Waals surface area (Å²) < 4.78 is 35.8. The molecule has 1 fully saturated rings. The first-order chi connectivity index (χ1) is 11.1. The first-order valence-corrected chi connectivity index (χ1v) is 8.43. The Balaban J connectivity index is 1.83. The summed E-state index contributed by atoms with van der Waals surface area (Å²) in [4.78, 5) is 0. The lowest BCUT2D eigenvalue weighted by Gasteiger charge is -2.33. The van der Waals surface area contributed by atoms with Crippen LogP contribution in [0.15, 0.2) is 36.4 Å². The second-order valence-electron chi connectivity index (χ2n) is 6.27. The molecule has 0 amide bonds. The van der Waals surface area contributed by atoms with Crippen molar-refractivity contribution in [2.75, 3.05) is 13.2 Å². The molecule has 1 aromatic carbocycles. The third kappa shape index (κ3) is 5.70. The van der Waals surface area contributed by atoms with Gasteiger partial charge in [0.05, 0.1) is 13.2 Å². The van der Waals surface area contributed by atoms with Crippen molar-refractivity contribution in [1.29, 1.82) is 0 Å². The van der Waals surface area contributed by atoms with Gasteiger partial charge in [0.15, 0.2) is 6.29 Å². The second kappa shape index (κ2) is 9.14. The fraction of sp³-hybridized carbons (Fsp3) is 0.579. The number of halogens is 2. The first kappa shape index (κ1) is 18.1. The van der Waals surface area contributed by atoms with Gasteiger partial charge in [0.2, 0.25) is 0 Å². The number of benzene rings is 1. The van der Waals surface area contributed by atoms with Crippen molar-refractivity contribution in [2.24, 2.45) is 5.92 Å². The van der Waals surface area contributed by atoms with Gasteiger partial charge in [0.25, 0.3) is 6.08 Å². The van der Waals surface area contributed by atoms with Crippen molar-refractivity contribution in [3.05, 3.63) is 47.5 Å². The fourth-order valence-electron chi connectivity index (χ4n) is 2.94. The van der Waals surface area contributed by atoms with Crippen molar-refractivity contribution < 1.29 is 18.3 Å². The zero-order valence-electron chi connectivity index (χ0n) is 13.9. The molecule has 0 N–H and O–H groups in total. The zero-order valence-corrected chi connectivity index (χ0v) is 13.9. The van der Waals surface area contributed by atoms with E-state index in [0.29, 0.717) is 32.0 Å². The monoisotopic (exact) mass is 324 g/mol. The van der Waals surface area contributed by atoms with E-state index in [1.54, 1.807) is 0 Å². The summed E-state index contributed by atoms with van der Waals surface area (Å²) in [6.45, 7) is 5.68. The van der Waals surface area contributed by atoms with Gasteiger partial charge in [-0.2, -0.15) is 8.78 Å². The van der Waals surface area contributed by atoms with Crippen LogP contribution in [0.3, 0.4) is 0 Å². The van der Waals surface area contributed by atoms with Gasteiger partial charge in [0, 0.05) is 11.8 Å². The van der Waals surface area contributed by atoms with Gasteiger partial charge in [-0.15, -0.1) is 0 Å². The quantitative estimate of drug-likeness (QED) is 0.678. The SMILES string of the molecule is CCCC(C)C1OCC(c2ccc(CCC=C(F)F)cc2)CO1. The average molecular weight is 324 g/mol. The molecule has 1 aliphatic heterocycles. The van der Waals surface area contributed by atoms with Crippen molar-refractivity contribution >= 4 is 0 Å². The van der Waals surface area contributed by atoms with E-state index in [1.807, 2.05) is 12.1 Å². The van der Waals surface area contributed by atoms with Crippen LogP contribution in [0.25, 0.3) is 0 Å². The molecule has 2 rings (SSSR count). The molecule has 4 heteroatoms. The predicted molar refractivity (Wildman–Crippen MR) is 87.6 cm³/mol. The van der Waals surface area contributed by atoms with E-state index in [1.165, 1.54) is 5.56 Å². The highest BCUT2D eigenvalue weighted by molar-refractivity contribution is 5.26. The summed E-state index contributed by atoms with van der Waals surface area (Å²) in [6, 6.07) is 8.12. The maximum absolute atomic E-state index is 12.0. The van der Waals surface area contributed by atoms with Gasteiger partial charge in [-0.3, -0.25) is 0 Å². The Hall–Kier alpha value is -1.26. The van der Waals surface area contributed by atoms with Crippen LogP contribution in [-0.4, -0.2) is 19.5 Å². The highest BCUT2D eigenvalue weighted by atomic mass is 19.3. The van der Waals surface area contributed by atoms with Crippen LogP contribution >= 0.6 is 0 Å². The minimum atomic E-state index is -1.61. The zero-order chi connectivity index (χ0) is 16.7. The lowest BCUT2D eigenvalue weighted by Crippen LogP contribution is -2.35. The van der Waals surface area contributed by atoms with Crippen LogP contribution < -0.4 is 0 Å². The molecule has 23 heavy (non-hydrogen) atoms. The topological polar surface area (TPSA) is 18.5 Å². The number of allylic oxidation sites excluding steroid dienone is 1. The summed E-state index contributed by atoms with van der Waals surface area (Å²) >= 11 is 0. The van der Waals surface area contributed by atoms with Gasteiger partial charge < -0.3 is 9.47 Å². The number of rotatable bonds is 7. The highest BCUT2D eigenvalue weighted by Gasteiger charge is 2.26. The predicted octanol–water partition coefficient (Wildman–Crippen LogP) is 5.29. The van der Waals surface area contributed by atoms with E-state index in [9.17, 15) is 8.78 Å². The summed E-state index contributed by atoms with van der Waals surface area (Å²) in [5.74, 6) is 0.671. The first-order valence-electron chi connectivity index (χ1n) is 8.43. The number of aryl methyl sites for hydroxylation is 1. The Morgan fingerprint density at radius 2 is 1.87 bits per heavy atom. The smallest absolute Gasteiger partial charge is 0.266 e. The normalized spacial score (nSPS) is 22.6. The van der Waals surface area contributed by atoms with Gasteiger partial charge >= 0.3 is 0 Å². The summed E-state index contributed by atoms with van der Waals surface area (Å²) in [5.41, 5.74) is 2.25. The average Bonchev–Trinajstić information content (AvgIpc) is 2.55. The van der Waals surface area contributed by atoms with Crippen molar-refractivity contribution in [1.82, 2.24) is 0 Å². The number of hydrogen-bond acceptors (Lipinski definition) is 2. The van der Waals surface area contributed by atoms with E-state index in [4.69, 9.17) is 9.47 Å². The van der Waals surface area contributed by atoms with E-state index in [2.05, 4.69) is 26.0 Å². The molecule has 1 saturated heterocycles. The molecular formula is C19H26F2O2. The molecule has 0 bridgehead atoms. The van der Waals surface area contributed by atoms with Crippen molar-refractivity contribution in [3.63, 3.8) is 0 Å². The lowest BCUT2D eigenvalue weighted by atomic mass is 9.97. The van der Waals surface area contributed by atoms with E-state index < -0.39 is 6.08 Å². The van der Waals surface area contributed by atoms with Gasteiger partial charge in [-0.25, -0.2) is 0 Å². The molecular weight excluding hydrogens is 298 g/mol. The molecule has 0 aromatic heterocycles. The van der Waals surface area contributed by atoms with Crippen molar-refractivity contribution in [2.45, 2.75) is 51.7 Å². The fourth-order valence-corrected chi connectivity index (χ4v) is 2.94. The van der Waals surface area contributed by atoms with Crippen LogP contribution in [0.5, 0.6) is 0 Å². The maximum Gasteiger partial charge on any atom is 0.266 e. The summed E-state index contributed by atoms with van der Waals surface area (Å²) in [5, 5.41) is 0. The molecule has 1 heterocycles. The Labute approximate surface area is 137 Å². The van der Waals surface area contributed by atoms with Crippen LogP contribution in [0, 0.1) is 5.92 Å². The molecule has 2 nitrogen and oxygen atoms in total. The van der Waals surface area contributed by atoms with E-state index in [-0.39, 0.29) is 12.2 Å². The third-order valence-corrected chi connectivity index (χ3v) is 4.31. The third-order valence-electron chi connectivity index (χ3n) is 4.31. The van der Waals surface area contributed by atoms with Crippen LogP contribution in [0.2, 0.25) is 0 Å². The minimum absolute atomic E-state index is 0.0899. The summed E-state index contributed by atoms with van der Waals surface area (Å²) in [6.07, 6.45) is 2.52. The molecule has 128 valence electrons. The van der Waals surface area contributed by atoms with Crippen LogP contribution in [0.4, 0.5) is 8.78 Å². The van der Waals surface area contributed by atoms with Crippen LogP contribution in [-0.2, 0) is 15.9 Å². The molecule has 0 saturated carbocycles. The van der Waals surface area contributed by atoms with Gasteiger partial charge in [-0.1, -0.05) is 44.5 Å². The Bertz CT molecular complexity index is 487. The lowest BCUT2D eigenvalue weighted by molar-refractivity contribution is -0.210. The Kier molecular flexibility index (Phi) is 7.18. The Morgan fingerprint density at radius 1 is 1.22 bits per heavy atom. The molecule has 1 aliphatic rings. The second-order valence-corrected chi connectivity index (χ2v) is 6.27. The molecule has 0 spiro atoms. The molecule has 0 radical (unpaired) electrons. The minimum Gasteiger partial charge on any atom is -0.352 e. The number of ether oxygens (including phenoxy) is 2. The van der Waals surface area contributed by atoms with E-state index >= 15 is 0 Å². The van der Waals surface area contributed by atoms with Gasteiger partial charge in [0.1, 0.15) is 0 Å². The molecule has 1 unspecified atom stereocenters. The van der Waals surface area contributed by atoms with Gasteiger partial charge in [-0.05, 0) is 36.5 Å². The largest absolute Gasteiger partial charge is 0.352 e. The summed E-state index contributed by atoms with van der Waals surface area (Å²) in [7, 11) is 0. The Morgan fingerprint density at radius 3 is 2.43 bits per heavy atom. The maximum atomic E-state index is 12.0.